The third-order valence-electron chi connectivity index (χ3n) is 4.82. The zero-order chi connectivity index (χ0) is 19.5. The maximum Gasteiger partial charge on any atom is 0.350 e. The van der Waals surface area contributed by atoms with E-state index in [0.717, 1.165) is 36.3 Å². The fraction of sp³-hybridized carbons (Fsp3) is 0.350. The van der Waals surface area contributed by atoms with Crippen LogP contribution in [0.25, 0.3) is 21.5 Å². The number of likely N-dealkylation sites (tertiary alicyclic amines) is 1. The zero-order valence-electron chi connectivity index (χ0n) is 15.7. The molecule has 6 nitrogen and oxygen atoms in total. The van der Waals surface area contributed by atoms with E-state index in [1.165, 1.54) is 35.9 Å². The van der Waals surface area contributed by atoms with Gasteiger partial charge >= 0.3 is 5.97 Å². The van der Waals surface area contributed by atoms with Crippen molar-refractivity contribution in [2.24, 2.45) is 0 Å². The normalized spacial score (nSPS) is 14.6. The Bertz CT molecular complexity index is 985. The van der Waals surface area contributed by atoms with Crippen LogP contribution in [0.4, 0.5) is 5.69 Å². The number of carbonyl (C=O) groups excluding carboxylic acids is 1. The minimum absolute atomic E-state index is 0.375. The number of hydrogen-bond donors (Lipinski definition) is 1. The van der Waals surface area contributed by atoms with E-state index in [1.807, 2.05) is 36.6 Å². The number of nitrogens with zero attached hydrogens (tertiary/aromatic N) is 3. The number of thiophene rings is 1. The molecule has 0 bridgehead atoms. The number of fused-ring (bicyclic) bond motifs is 1. The van der Waals surface area contributed by atoms with Crippen LogP contribution in [0.3, 0.4) is 0 Å². The third-order valence-corrected chi connectivity index (χ3v) is 6.45. The average molecular weight is 415 g/mol. The summed E-state index contributed by atoms with van der Waals surface area (Å²) in [4.78, 5) is 25.3. The number of rotatable bonds is 6. The molecule has 4 rings (SSSR count). The van der Waals surface area contributed by atoms with Crippen molar-refractivity contribution in [2.45, 2.75) is 18.0 Å². The quantitative estimate of drug-likeness (QED) is 0.372. The number of anilines is 1. The van der Waals surface area contributed by atoms with Crippen LogP contribution in [0, 0.1) is 0 Å². The Balaban J connectivity index is 1.64. The third kappa shape index (κ3) is 3.85. The van der Waals surface area contributed by atoms with E-state index in [0.29, 0.717) is 27.2 Å². The van der Waals surface area contributed by atoms with Crippen molar-refractivity contribution >= 4 is 45.0 Å². The smallest absolute Gasteiger partial charge is 0.350 e. The average Bonchev–Trinajstić information content (AvgIpc) is 3.36. The van der Waals surface area contributed by atoms with Gasteiger partial charge in [0.2, 0.25) is 0 Å². The topological polar surface area (TPSA) is 81.3 Å². The molecule has 0 unspecified atom stereocenters. The molecule has 3 heterocycles. The van der Waals surface area contributed by atoms with E-state index in [2.05, 4.69) is 14.9 Å². The van der Waals surface area contributed by atoms with Crippen molar-refractivity contribution < 1.29 is 9.53 Å². The molecule has 2 aromatic heterocycles. The van der Waals surface area contributed by atoms with Crippen LogP contribution in [0.15, 0.2) is 35.5 Å². The maximum atomic E-state index is 12.6. The highest BCUT2D eigenvalue weighted by Gasteiger charge is 2.23. The van der Waals surface area contributed by atoms with Crippen LogP contribution in [0.1, 0.15) is 22.5 Å². The van der Waals surface area contributed by atoms with E-state index < -0.39 is 0 Å². The SMILES string of the molecule is CSc1nc(-c2ccccc2)c2c(N)c(C(=O)OCCN3CCCC3)sc2n1. The first-order valence-electron chi connectivity index (χ1n) is 9.26. The molecule has 0 atom stereocenters. The van der Waals surface area contributed by atoms with Gasteiger partial charge in [-0.15, -0.1) is 11.3 Å². The molecule has 3 aromatic rings. The molecule has 0 radical (unpaired) electrons. The van der Waals surface area contributed by atoms with Gasteiger partial charge in [-0.1, -0.05) is 42.1 Å². The lowest BCUT2D eigenvalue weighted by molar-refractivity contribution is 0.0479. The second kappa shape index (κ2) is 8.46. The van der Waals surface area contributed by atoms with Gasteiger partial charge in [-0.3, -0.25) is 4.90 Å². The molecule has 0 spiro atoms. The predicted octanol–water partition coefficient (Wildman–Crippen LogP) is 3.92. The van der Waals surface area contributed by atoms with E-state index in [4.69, 9.17) is 10.5 Å². The highest BCUT2D eigenvalue weighted by atomic mass is 32.2. The van der Waals surface area contributed by atoms with Crippen molar-refractivity contribution in [3.05, 3.63) is 35.2 Å². The van der Waals surface area contributed by atoms with E-state index in [1.54, 1.807) is 0 Å². The van der Waals surface area contributed by atoms with Crippen molar-refractivity contribution in [3.8, 4) is 11.3 Å². The molecule has 1 aliphatic rings. The fourth-order valence-electron chi connectivity index (χ4n) is 3.39. The predicted molar refractivity (Wildman–Crippen MR) is 115 cm³/mol. The molecule has 28 heavy (non-hydrogen) atoms. The number of hydrogen-bond acceptors (Lipinski definition) is 8. The van der Waals surface area contributed by atoms with Gasteiger partial charge in [0, 0.05) is 12.1 Å². The summed E-state index contributed by atoms with van der Waals surface area (Å²) in [5.74, 6) is -0.385. The first-order chi connectivity index (χ1) is 13.7. The van der Waals surface area contributed by atoms with E-state index >= 15 is 0 Å². The number of aromatic nitrogens is 2. The second-order valence-corrected chi connectivity index (χ2v) is 8.41. The van der Waals surface area contributed by atoms with Crippen LogP contribution in [-0.4, -0.2) is 53.3 Å². The van der Waals surface area contributed by atoms with Crippen LogP contribution < -0.4 is 5.73 Å². The molecule has 0 amide bonds. The number of thioether (sulfide) groups is 1. The molecule has 0 aliphatic carbocycles. The van der Waals surface area contributed by atoms with Crippen LogP contribution >= 0.6 is 23.1 Å². The van der Waals surface area contributed by atoms with Crippen LogP contribution in [0.2, 0.25) is 0 Å². The maximum absolute atomic E-state index is 12.6. The summed E-state index contributed by atoms with van der Waals surface area (Å²) < 4.78 is 5.50. The van der Waals surface area contributed by atoms with Gasteiger partial charge in [0.15, 0.2) is 5.16 Å². The van der Waals surface area contributed by atoms with Crippen molar-refractivity contribution in [2.75, 3.05) is 38.2 Å². The van der Waals surface area contributed by atoms with E-state index in [9.17, 15) is 4.79 Å². The zero-order valence-corrected chi connectivity index (χ0v) is 17.3. The standard InChI is InChI=1S/C20H22N4O2S2/c1-27-20-22-16(13-7-3-2-4-8-13)14-15(21)17(28-18(14)23-20)19(25)26-12-11-24-9-5-6-10-24/h2-4,7-8H,5-6,9-12,21H2,1H3. The molecule has 146 valence electrons. The summed E-state index contributed by atoms with van der Waals surface area (Å²) in [7, 11) is 0. The first kappa shape index (κ1) is 19.2. The molecule has 1 fully saturated rings. The number of ether oxygens (including phenoxy) is 1. The van der Waals surface area contributed by atoms with Gasteiger partial charge in [0.25, 0.3) is 0 Å². The Morgan fingerprint density at radius 2 is 2.00 bits per heavy atom. The molecule has 2 N–H and O–H groups in total. The Hall–Kier alpha value is -2.16. The van der Waals surface area contributed by atoms with Gasteiger partial charge < -0.3 is 10.5 Å². The minimum Gasteiger partial charge on any atom is -0.460 e. The molecule has 0 saturated carbocycles. The first-order valence-corrected chi connectivity index (χ1v) is 11.3. The van der Waals surface area contributed by atoms with Gasteiger partial charge in [0.1, 0.15) is 16.3 Å². The summed E-state index contributed by atoms with van der Waals surface area (Å²) >= 11 is 2.74. The summed E-state index contributed by atoms with van der Waals surface area (Å²) in [6.07, 6.45) is 4.37. The van der Waals surface area contributed by atoms with E-state index in [-0.39, 0.29) is 5.97 Å². The Labute approximate surface area is 172 Å². The highest BCUT2D eigenvalue weighted by molar-refractivity contribution is 7.98. The molecular formula is C20H22N4O2S2. The minimum atomic E-state index is -0.385. The van der Waals surface area contributed by atoms with Crippen molar-refractivity contribution in [3.63, 3.8) is 0 Å². The number of benzene rings is 1. The Kier molecular flexibility index (Phi) is 5.79. The summed E-state index contributed by atoms with van der Waals surface area (Å²) in [6.45, 7) is 3.30. The monoisotopic (exact) mass is 414 g/mol. The Morgan fingerprint density at radius 1 is 1.25 bits per heavy atom. The van der Waals surface area contributed by atoms with Crippen LogP contribution in [0.5, 0.6) is 0 Å². The summed E-state index contributed by atoms with van der Waals surface area (Å²) in [5.41, 5.74) is 8.47. The largest absolute Gasteiger partial charge is 0.460 e. The van der Waals surface area contributed by atoms with Crippen LogP contribution in [-0.2, 0) is 4.74 Å². The molecule has 1 aliphatic heterocycles. The van der Waals surface area contributed by atoms with Gasteiger partial charge in [-0.2, -0.15) is 0 Å². The van der Waals surface area contributed by atoms with Crippen molar-refractivity contribution in [1.82, 2.24) is 14.9 Å². The molecule has 1 saturated heterocycles. The van der Waals surface area contributed by atoms with Gasteiger partial charge in [0.05, 0.1) is 16.8 Å². The molecule has 8 heteroatoms. The van der Waals surface area contributed by atoms with Gasteiger partial charge in [-0.25, -0.2) is 14.8 Å². The van der Waals surface area contributed by atoms with Crippen molar-refractivity contribution in [1.29, 1.82) is 0 Å². The highest BCUT2D eigenvalue weighted by Crippen LogP contribution is 2.39. The number of carbonyl (C=O) groups is 1. The lowest BCUT2D eigenvalue weighted by Crippen LogP contribution is -2.25. The summed E-state index contributed by atoms with van der Waals surface area (Å²) in [5, 5.41) is 1.38. The molecular weight excluding hydrogens is 392 g/mol. The number of nitrogens with two attached hydrogens (primary N) is 1. The second-order valence-electron chi connectivity index (χ2n) is 6.63. The van der Waals surface area contributed by atoms with Gasteiger partial charge in [-0.05, 0) is 32.2 Å². The number of esters is 1. The Morgan fingerprint density at radius 3 is 2.71 bits per heavy atom. The number of nitrogen functional groups attached to an aromatic ring is 1. The summed E-state index contributed by atoms with van der Waals surface area (Å²) in [6, 6.07) is 9.84. The molecule has 1 aromatic carbocycles. The lowest BCUT2D eigenvalue weighted by atomic mass is 10.1. The fourth-order valence-corrected chi connectivity index (χ4v) is 4.80. The lowest BCUT2D eigenvalue weighted by Gasteiger charge is -2.13.